The first kappa shape index (κ1) is 41.2. The molecule has 252 valence electrons. The maximum atomic E-state index is 5.93. The van der Waals surface area contributed by atoms with Crippen LogP contribution in [0.1, 0.15) is 5.56 Å². The summed E-state index contributed by atoms with van der Waals surface area (Å²) in [4.78, 5) is 0. The molecule has 1 aromatic carbocycles. The maximum absolute atomic E-state index is 5.93. The molecule has 1 atom stereocenters. The van der Waals surface area contributed by atoms with Gasteiger partial charge in [-0.05, 0) is 138 Å². The molecule has 0 N–H and O–H groups in total. The Hall–Kier alpha value is 0.210. The molecule has 43 heavy (non-hydrogen) atoms. The van der Waals surface area contributed by atoms with E-state index in [1.165, 1.54) is 0 Å². The number of hydrogen-bond donors (Lipinski definition) is 0. The van der Waals surface area contributed by atoms with Crippen LogP contribution >= 0.6 is 39.3 Å². The van der Waals surface area contributed by atoms with Crippen molar-refractivity contribution in [3.05, 3.63) is 29.8 Å². The summed E-state index contributed by atoms with van der Waals surface area (Å²) in [6.45, 7) is 0.450. The molecule has 0 fully saturated rings. The molecule has 18 heteroatoms. The zero-order chi connectivity index (χ0) is 33.7. The van der Waals surface area contributed by atoms with E-state index >= 15 is 0 Å². The summed E-state index contributed by atoms with van der Waals surface area (Å²) in [5, 5.41) is 1.14. The van der Waals surface area contributed by atoms with Crippen molar-refractivity contribution in [2.75, 3.05) is 127 Å². The van der Waals surface area contributed by atoms with Gasteiger partial charge in [-0.1, -0.05) is 24.3 Å². The minimum absolute atomic E-state index is 0.450. The van der Waals surface area contributed by atoms with E-state index in [1.807, 2.05) is 0 Å². The molecule has 0 amide bonds. The fourth-order valence-electron chi connectivity index (χ4n) is 5.36. The topological polar surface area (TPSA) is 78.6 Å². The SMILES string of the molecule is CN(C)P(=NP(=NCc1ccc(P)cc1)(N=P(N(C)C)(N(C)C)N(C)C)N=P(N(C)C)(N(C)C)N(C)C)(N(C)C)N(C)C. The lowest BCUT2D eigenvalue weighted by atomic mass is 10.2. The highest BCUT2D eigenvalue weighted by molar-refractivity contribution is 7.80. The van der Waals surface area contributed by atoms with Crippen molar-refractivity contribution in [2.45, 2.75) is 6.54 Å². The quantitative estimate of drug-likeness (QED) is 0.233. The van der Waals surface area contributed by atoms with E-state index in [-0.39, 0.29) is 0 Å². The Labute approximate surface area is 267 Å². The van der Waals surface area contributed by atoms with E-state index < -0.39 is 30.0 Å². The van der Waals surface area contributed by atoms with E-state index in [0.717, 1.165) is 10.9 Å². The fourth-order valence-corrected chi connectivity index (χ4v) is 24.0. The lowest BCUT2D eigenvalue weighted by molar-refractivity contribution is 0.472. The van der Waals surface area contributed by atoms with Crippen molar-refractivity contribution in [3.63, 3.8) is 0 Å². The molecule has 13 nitrogen and oxygen atoms in total. The number of hydrogen-bond acceptors (Lipinski definition) is 1. The maximum Gasteiger partial charge on any atom is 0.306 e. The zero-order valence-corrected chi connectivity index (χ0v) is 34.9. The first-order chi connectivity index (χ1) is 19.6. The second kappa shape index (κ2) is 16.4. The average Bonchev–Trinajstić information content (AvgIpc) is 2.86. The third-order valence-corrected chi connectivity index (χ3v) is 23.3. The standard InChI is InChI=1S/C25H62N13P5/c1-30(2)41(31(3)4,32(5)6)27-40(26-23-24-19-21-25(39)22-20-24,28-42(33(7)8,34(9)10)35(11)12)29-43(36(13)14,37(15)16)38(17)18/h19-22H,23,39H2,1-18H3. The van der Waals surface area contributed by atoms with Crippen LogP contribution in [0.15, 0.2) is 42.6 Å². The Morgan fingerprint density at radius 2 is 0.674 bits per heavy atom. The molecule has 0 aliphatic heterocycles. The minimum atomic E-state index is -3.26. The van der Waals surface area contributed by atoms with Crippen LogP contribution in [-0.4, -0.2) is 169 Å². The third kappa shape index (κ3) is 8.77. The van der Waals surface area contributed by atoms with Gasteiger partial charge in [-0.3, -0.25) is 42.0 Å². The third-order valence-electron chi connectivity index (χ3n) is 6.97. The van der Waals surface area contributed by atoms with Gasteiger partial charge in [0.1, 0.15) is 0 Å². The van der Waals surface area contributed by atoms with Gasteiger partial charge in [0.15, 0.2) is 22.5 Å². The van der Waals surface area contributed by atoms with Gasteiger partial charge in [0.2, 0.25) is 0 Å². The zero-order valence-electron chi connectivity index (χ0n) is 30.2. The number of nitrogens with zero attached hydrogens (tertiary/aromatic N) is 13. The molecule has 0 heterocycles. The van der Waals surface area contributed by atoms with Gasteiger partial charge in [0.25, 0.3) is 0 Å². The molecule has 1 aromatic rings. The van der Waals surface area contributed by atoms with Crippen molar-refractivity contribution in [3.8, 4) is 0 Å². The van der Waals surface area contributed by atoms with Crippen LogP contribution in [0.2, 0.25) is 0 Å². The minimum Gasteiger partial charge on any atom is -0.252 e. The highest BCUT2D eigenvalue weighted by Gasteiger charge is 2.41. The van der Waals surface area contributed by atoms with Gasteiger partial charge in [0, 0.05) is 0 Å². The van der Waals surface area contributed by atoms with Gasteiger partial charge in [0.05, 0.1) is 6.54 Å². The molecule has 0 spiro atoms. The summed E-state index contributed by atoms with van der Waals surface area (Å²) in [6.07, 6.45) is 0. The summed E-state index contributed by atoms with van der Waals surface area (Å²) in [5.41, 5.74) is 1.10. The van der Waals surface area contributed by atoms with E-state index in [0.29, 0.717) is 6.54 Å². The predicted octanol–water partition coefficient (Wildman–Crippen LogP) is 5.53. The van der Waals surface area contributed by atoms with Crippen molar-refractivity contribution in [1.82, 2.24) is 42.0 Å². The summed E-state index contributed by atoms with van der Waals surface area (Å²) in [7, 11) is 29.8. The predicted molar refractivity (Wildman–Crippen MR) is 200 cm³/mol. The van der Waals surface area contributed by atoms with Gasteiger partial charge in [-0.15, -0.1) is 9.24 Å². The van der Waals surface area contributed by atoms with Gasteiger partial charge >= 0.3 is 7.51 Å². The molecule has 1 unspecified atom stereocenters. The van der Waals surface area contributed by atoms with Crippen LogP contribution in [0.4, 0.5) is 0 Å². The Kier molecular flexibility index (Phi) is 15.7. The molecule has 0 saturated carbocycles. The van der Waals surface area contributed by atoms with Gasteiger partial charge in [-0.2, -0.15) is 13.5 Å². The lowest BCUT2D eigenvalue weighted by Gasteiger charge is -2.45. The average molecular weight is 700 g/mol. The molecular weight excluding hydrogens is 637 g/mol. The van der Waals surface area contributed by atoms with Crippen LogP contribution in [0.5, 0.6) is 0 Å². The smallest absolute Gasteiger partial charge is 0.252 e. The van der Waals surface area contributed by atoms with E-state index in [9.17, 15) is 0 Å². The number of rotatable bonds is 14. The van der Waals surface area contributed by atoms with Crippen molar-refractivity contribution < 1.29 is 0 Å². The van der Waals surface area contributed by atoms with Crippen LogP contribution in [-0.2, 0) is 6.54 Å². The number of benzene rings is 1. The largest absolute Gasteiger partial charge is 0.306 e. The Morgan fingerprint density at radius 1 is 0.442 bits per heavy atom. The van der Waals surface area contributed by atoms with Crippen LogP contribution in [0, 0.1) is 0 Å². The molecule has 0 bridgehead atoms. The monoisotopic (exact) mass is 699 g/mol. The van der Waals surface area contributed by atoms with E-state index in [4.69, 9.17) is 18.3 Å². The fraction of sp³-hybridized carbons (Fsp3) is 0.760. The van der Waals surface area contributed by atoms with Gasteiger partial charge in [-0.25, -0.2) is 4.74 Å². The van der Waals surface area contributed by atoms with Crippen molar-refractivity contribution in [1.29, 1.82) is 0 Å². The molecule has 0 aliphatic rings. The lowest BCUT2D eigenvalue weighted by Crippen LogP contribution is -2.32. The molecule has 0 aliphatic carbocycles. The molecule has 0 aromatic heterocycles. The molecule has 1 rings (SSSR count). The van der Waals surface area contributed by atoms with Crippen LogP contribution in [0.25, 0.3) is 0 Å². The normalized spacial score (nSPS) is 14.0. The van der Waals surface area contributed by atoms with Crippen molar-refractivity contribution >= 4 is 44.6 Å². The highest BCUT2D eigenvalue weighted by Crippen LogP contribution is 2.78. The Morgan fingerprint density at radius 3 is 0.884 bits per heavy atom. The highest BCUT2D eigenvalue weighted by atomic mass is 31.3. The van der Waals surface area contributed by atoms with Crippen molar-refractivity contribution in [2.24, 2.45) is 18.3 Å². The first-order valence-corrected chi connectivity index (χ1v) is 21.0. The second-order valence-electron chi connectivity index (χ2n) is 12.1. The summed E-state index contributed by atoms with van der Waals surface area (Å²) >= 11 is 0. The van der Waals surface area contributed by atoms with Crippen LogP contribution < -0.4 is 5.30 Å². The summed E-state index contributed by atoms with van der Waals surface area (Å²) in [6, 6.07) is 8.47. The van der Waals surface area contributed by atoms with E-state index in [1.54, 1.807) is 0 Å². The van der Waals surface area contributed by atoms with Crippen LogP contribution in [0.3, 0.4) is 0 Å². The van der Waals surface area contributed by atoms with Gasteiger partial charge < -0.3 is 0 Å². The first-order valence-electron chi connectivity index (χ1n) is 14.0. The Bertz CT molecular complexity index is 1070. The molecular formula is C25H62N13P5. The molecule has 0 saturated heterocycles. The summed E-state index contributed by atoms with van der Waals surface area (Å²) < 4.78 is 43.4. The second-order valence-corrected chi connectivity index (χ2v) is 26.7. The Balaban J connectivity index is 4.99. The summed E-state index contributed by atoms with van der Waals surface area (Å²) in [5.74, 6) is 0. The van der Waals surface area contributed by atoms with E-state index in [2.05, 4.69) is 202 Å². The molecule has 0 radical (unpaired) electrons.